The summed E-state index contributed by atoms with van der Waals surface area (Å²) in [5, 5.41) is 6.62. The Morgan fingerprint density at radius 2 is 1.68 bits per heavy atom. The number of benzene rings is 3. The Balaban J connectivity index is 1.83. The fraction of sp³-hybridized carbons (Fsp3) is 0. The van der Waals surface area contributed by atoms with Gasteiger partial charge in [-0.2, -0.15) is 0 Å². The van der Waals surface area contributed by atoms with E-state index in [0.717, 1.165) is 10.8 Å². The molecular formula is C18H11ClN2O. The molecule has 0 atom stereocenters. The summed E-state index contributed by atoms with van der Waals surface area (Å²) in [6, 6.07) is 20.2. The molecule has 0 saturated heterocycles. The van der Waals surface area contributed by atoms with Crippen LogP contribution in [0.5, 0.6) is 0 Å². The molecule has 0 radical (unpaired) electrons. The summed E-state index contributed by atoms with van der Waals surface area (Å²) in [5.41, 5.74) is 1.15. The summed E-state index contributed by atoms with van der Waals surface area (Å²) >= 11 is 5.78. The zero-order valence-electron chi connectivity index (χ0n) is 11.5. The quantitative estimate of drug-likeness (QED) is 0.229. The van der Waals surface area contributed by atoms with Crippen LogP contribution in [0.25, 0.3) is 10.8 Å². The lowest BCUT2D eigenvalue weighted by Gasteiger charge is -2.04. The minimum Gasteiger partial charge on any atom is -0.325 e. The van der Waals surface area contributed by atoms with Gasteiger partial charge in [-0.05, 0) is 39.8 Å². The van der Waals surface area contributed by atoms with Gasteiger partial charge < -0.3 is 4.79 Å². The molecule has 0 aromatic heterocycles. The third-order valence-corrected chi connectivity index (χ3v) is 3.41. The second-order valence-electron chi connectivity index (χ2n) is 4.68. The minimum absolute atomic E-state index is 0.302. The zero-order valence-corrected chi connectivity index (χ0v) is 12.3. The maximum atomic E-state index is 12.0. The van der Waals surface area contributed by atoms with E-state index in [4.69, 9.17) is 11.6 Å². The van der Waals surface area contributed by atoms with Crippen molar-refractivity contribution in [2.24, 2.45) is 5.11 Å². The van der Waals surface area contributed by atoms with Crippen molar-refractivity contribution in [2.75, 3.05) is 0 Å². The van der Waals surface area contributed by atoms with E-state index in [1.807, 2.05) is 36.4 Å². The Kier molecular flexibility index (Phi) is 4.10. The molecule has 0 N–H and O–H groups in total. The van der Waals surface area contributed by atoms with Crippen molar-refractivity contribution in [2.45, 2.75) is 0 Å². The number of hydrogen-bond donors (Lipinski definition) is 0. The van der Waals surface area contributed by atoms with Crippen LogP contribution in [0, 0.1) is 0 Å². The van der Waals surface area contributed by atoms with Gasteiger partial charge in [0, 0.05) is 5.02 Å². The van der Waals surface area contributed by atoms with Crippen molar-refractivity contribution < 1.29 is 9.58 Å². The molecule has 4 heteroatoms. The monoisotopic (exact) mass is 306 g/mol. The van der Waals surface area contributed by atoms with Crippen molar-refractivity contribution in [1.82, 2.24) is 0 Å². The fourth-order valence-electron chi connectivity index (χ4n) is 2.03. The summed E-state index contributed by atoms with van der Waals surface area (Å²) in [5.74, 6) is -0.302. The van der Waals surface area contributed by atoms with Gasteiger partial charge in [-0.1, -0.05) is 41.9 Å². The number of rotatable bonds is 3. The van der Waals surface area contributed by atoms with Gasteiger partial charge in [0.1, 0.15) is 16.6 Å². The Labute approximate surface area is 132 Å². The first kappa shape index (κ1) is 14.2. The van der Waals surface area contributed by atoms with Crippen molar-refractivity contribution in [3.63, 3.8) is 0 Å². The molecule has 0 fully saturated rings. The van der Waals surface area contributed by atoms with Crippen molar-refractivity contribution >= 4 is 40.1 Å². The molecule has 3 rings (SSSR count). The summed E-state index contributed by atoms with van der Waals surface area (Å²) < 4.78 is 0. The van der Waals surface area contributed by atoms with E-state index in [-0.39, 0.29) is 5.78 Å². The second kappa shape index (κ2) is 6.35. The van der Waals surface area contributed by atoms with E-state index in [1.165, 1.54) is 0 Å². The van der Waals surface area contributed by atoms with Gasteiger partial charge in [0.2, 0.25) is 0 Å². The highest BCUT2D eigenvalue weighted by Gasteiger charge is 1.99. The van der Waals surface area contributed by atoms with E-state index in [0.29, 0.717) is 16.3 Å². The van der Waals surface area contributed by atoms with Crippen LogP contribution < -0.4 is 0 Å². The topological polar surface area (TPSA) is 43.5 Å². The van der Waals surface area contributed by atoms with Crippen LogP contribution in [0.15, 0.2) is 71.8 Å². The zero-order chi connectivity index (χ0) is 15.4. The third kappa shape index (κ3) is 3.29. The number of Topliss-reactive ketones (excluding diaryl/α,β-unsaturated/α-hetero) is 1. The molecule has 3 aromatic rings. The number of nitrogens with zero attached hydrogens (tertiary/aromatic N) is 2. The lowest BCUT2D eigenvalue weighted by Crippen LogP contribution is -2.00. The Hall–Kier alpha value is -2.74. The van der Waals surface area contributed by atoms with Crippen molar-refractivity contribution in [3.05, 3.63) is 77.3 Å². The minimum atomic E-state index is -0.302. The van der Waals surface area contributed by atoms with Crippen LogP contribution in [0.2, 0.25) is 5.02 Å². The summed E-state index contributed by atoms with van der Waals surface area (Å²) in [7, 11) is 0. The van der Waals surface area contributed by atoms with Gasteiger partial charge in [0.15, 0.2) is 0 Å². The summed E-state index contributed by atoms with van der Waals surface area (Å²) in [4.78, 5) is 15.8. The molecule has 0 aliphatic heterocycles. The van der Waals surface area contributed by atoms with Crippen molar-refractivity contribution in [1.29, 1.82) is 0 Å². The highest BCUT2D eigenvalue weighted by Crippen LogP contribution is 2.16. The number of carbonyl (C=O) groups excluding carboxylic acids is 1. The molecule has 0 unspecified atom stereocenters. The van der Waals surface area contributed by atoms with Gasteiger partial charge in [0.25, 0.3) is 6.21 Å². The maximum absolute atomic E-state index is 12.0. The molecule has 0 spiro atoms. The van der Waals surface area contributed by atoms with E-state index >= 15 is 0 Å². The lowest BCUT2D eigenvalue weighted by molar-refractivity contribution is -0.0692. The molecular weight excluding hydrogens is 296 g/mol. The van der Waals surface area contributed by atoms with E-state index in [1.54, 1.807) is 30.3 Å². The predicted molar refractivity (Wildman–Crippen MR) is 87.1 cm³/mol. The third-order valence-electron chi connectivity index (χ3n) is 3.16. The smallest absolute Gasteiger partial charge is 0.281 e. The number of fused-ring (bicyclic) bond motifs is 1. The highest BCUT2D eigenvalue weighted by atomic mass is 35.5. The number of ketones is 1. The lowest BCUT2D eigenvalue weighted by atomic mass is 10.1. The van der Waals surface area contributed by atoms with Crippen LogP contribution >= 0.6 is 11.6 Å². The van der Waals surface area contributed by atoms with Gasteiger partial charge in [-0.3, -0.25) is 0 Å². The van der Waals surface area contributed by atoms with Crippen LogP contribution in [-0.4, -0.2) is 16.8 Å². The second-order valence-corrected chi connectivity index (χ2v) is 5.12. The molecule has 3 nitrogen and oxygen atoms in total. The van der Waals surface area contributed by atoms with E-state index < -0.39 is 0 Å². The first-order valence-electron chi connectivity index (χ1n) is 6.68. The number of carbonyl (C=O) groups is 1. The fourth-order valence-corrected chi connectivity index (χ4v) is 2.16. The van der Waals surface area contributed by atoms with E-state index in [9.17, 15) is 4.79 Å². The van der Waals surface area contributed by atoms with Gasteiger partial charge in [-0.25, -0.2) is 0 Å². The van der Waals surface area contributed by atoms with Crippen LogP contribution in [0.3, 0.4) is 0 Å². The maximum Gasteiger partial charge on any atom is 0.281 e. The van der Waals surface area contributed by atoms with Gasteiger partial charge in [0.05, 0.1) is 0 Å². The molecule has 22 heavy (non-hydrogen) atoms. The highest BCUT2D eigenvalue weighted by molar-refractivity contribution is 6.33. The van der Waals surface area contributed by atoms with Gasteiger partial charge in [-0.15, -0.1) is 17.7 Å². The first-order valence-corrected chi connectivity index (χ1v) is 7.06. The molecule has 0 aliphatic rings. The average molecular weight is 307 g/mol. The van der Waals surface area contributed by atoms with Crippen LogP contribution in [-0.2, 0) is 0 Å². The Bertz CT molecular complexity index is 894. The SMILES string of the molecule is O=C([C-]=[N+]=Nc1ccc(Cl)cc1)c1ccc2ccccc2c1. The van der Waals surface area contributed by atoms with Crippen molar-refractivity contribution in [3.8, 4) is 0 Å². The molecule has 0 saturated carbocycles. The Morgan fingerprint density at radius 3 is 2.45 bits per heavy atom. The van der Waals surface area contributed by atoms with Crippen LogP contribution in [0.4, 0.5) is 5.69 Å². The summed E-state index contributed by atoms with van der Waals surface area (Å²) in [6.45, 7) is 0. The molecule has 0 aliphatic carbocycles. The van der Waals surface area contributed by atoms with E-state index in [2.05, 4.69) is 16.1 Å². The number of halogens is 1. The predicted octanol–water partition coefficient (Wildman–Crippen LogP) is 4.62. The molecule has 3 aromatic carbocycles. The number of hydrogen-bond acceptors (Lipinski definition) is 2. The largest absolute Gasteiger partial charge is 0.325 e. The average Bonchev–Trinajstić information content (AvgIpc) is 2.56. The standard InChI is InChI=1S/C18H11ClN2O/c19-16-7-9-17(10-8-16)21-20-12-18(22)15-6-5-13-3-1-2-4-14(13)11-15/h1-11H. The normalized spacial score (nSPS) is 10.0. The molecule has 0 bridgehead atoms. The summed E-state index contributed by atoms with van der Waals surface area (Å²) in [6.07, 6.45) is 2.41. The van der Waals surface area contributed by atoms with Crippen LogP contribution in [0.1, 0.15) is 10.4 Å². The Morgan fingerprint density at radius 1 is 0.955 bits per heavy atom. The molecule has 106 valence electrons. The van der Waals surface area contributed by atoms with Gasteiger partial charge >= 0.3 is 0 Å². The molecule has 0 amide bonds. The molecule has 0 heterocycles. The first-order chi connectivity index (χ1) is 10.7.